The molecule has 1 rings (SSSR count). The fourth-order valence-electron chi connectivity index (χ4n) is 1.90. The van der Waals surface area contributed by atoms with Crippen LogP contribution in [0.1, 0.15) is 25.8 Å². The number of halogens is 1. The van der Waals surface area contributed by atoms with Crippen molar-refractivity contribution in [3.8, 4) is 5.75 Å². The molecule has 0 saturated carbocycles. The molecule has 0 heterocycles. The molecular formula is C15H20ClNO4. The summed E-state index contributed by atoms with van der Waals surface area (Å²) in [5.74, 6) is -0.637. The molecule has 0 aliphatic carbocycles. The average molecular weight is 314 g/mol. The minimum Gasteiger partial charge on any atom is -0.495 e. The van der Waals surface area contributed by atoms with Crippen molar-refractivity contribution < 1.29 is 19.4 Å². The van der Waals surface area contributed by atoms with Gasteiger partial charge in [-0.15, -0.1) is 0 Å². The van der Waals surface area contributed by atoms with Crippen LogP contribution in [-0.4, -0.2) is 30.1 Å². The number of amides is 1. The van der Waals surface area contributed by atoms with Crippen LogP contribution in [0.3, 0.4) is 0 Å². The smallest absolute Gasteiger partial charge is 0.326 e. The van der Waals surface area contributed by atoms with Crippen LogP contribution in [0.15, 0.2) is 18.2 Å². The van der Waals surface area contributed by atoms with Gasteiger partial charge in [0.05, 0.1) is 12.1 Å². The van der Waals surface area contributed by atoms with Crippen molar-refractivity contribution in [1.82, 2.24) is 5.32 Å². The Kier molecular flexibility index (Phi) is 6.49. The first-order valence-corrected chi connectivity index (χ1v) is 7.05. The largest absolute Gasteiger partial charge is 0.495 e. The molecule has 0 bridgehead atoms. The summed E-state index contributed by atoms with van der Waals surface area (Å²) in [5, 5.41) is 12.2. The van der Waals surface area contributed by atoms with Crippen molar-refractivity contribution in [2.24, 2.45) is 5.92 Å². The zero-order valence-corrected chi connectivity index (χ0v) is 13.1. The summed E-state index contributed by atoms with van der Waals surface area (Å²) in [7, 11) is 1.51. The lowest BCUT2D eigenvalue weighted by atomic mass is 10.0. The minimum atomic E-state index is -1.07. The molecule has 0 fully saturated rings. The molecule has 0 aliphatic heterocycles. The Hall–Kier alpha value is -1.75. The number of benzene rings is 1. The van der Waals surface area contributed by atoms with Gasteiger partial charge in [-0.3, -0.25) is 4.79 Å². The third-order valence-corrected chi connectivity index (χ3v) is 3.18. The van der Waals surface area contributed by atoms with E-state index in [9.17, 15) is 14.7 Å². The van der Waals surface area contributed by atoms with Crippen LogP contribution in [0.4, 0.5) is 0 Å². The van der Waals surface area contributed by atoms with E-state index >= 15 is 0 Å². The standard InChI is InChI=1S/C15H20ClNO4/c1-9(2)6-14(18)17-12(15(19)20)8-10-4-5-13(21-3)11(16)7-10/h4-5,7,9,12H,6,8H2,1-3H3,(H,17,18)(H,19,20)/t12-/m1/s1. The highest BCUT2D eigenvalue weighted by atomic mass is 35.5. The van der Waals surface area contributed by atoms with Gasteiger partial charge in [-0.1, -0.05) is 31.5 Å². The lowest BCUT2D eigenvalue weighted by Gasteiger charge is -2.16. The normalized spacial score (nSPS) is 12.0. The molecule has 0 spiro atoms. The highest BCUT2D eigenvalue weighted by Crippen LogP contribution is 2.25. The molecule has 0 saturated heterocycles. The van der Waals surface area contributed by atoms with Crippen LogP contribution in [0.5, 0.6) is 5.75 Å². The second kappa shape index (κ2) is 7.88. The lowest BCUT2D eigenvalue weighted by molar-refractivity contribution is -0.141. The first-order chi connectivity index (χ1) is 9.83. The zero-order chi connectivity index (χ0) is 16.0. The molecule has 0 aliphatic rings. The van der Waals surface area contributed by atoms with Crippen molar-refractivity contribution in [1.29, 1.82) is 0 Å². The van der Waals surface area contributed by atoms with E-state index < -0.39 is 12.0 Å². The molecule has 1 atom stereocenters. The predicted molar refractivity (Wildman–Crippen MR) is 80.7 cm³/mol. The Morgan fingerprint density at radius 2 is 2.05 bits per heavy atom. The first kappa shape index (κ1) is 17.3. The van der Waals surface area contributed by atoms with Crippen molar-refractivity contribution in [3.63, 3.8) is 0 Å². The number of aliphatic carboxylic acids is 1. The summed E-state index contributed by atoms with van der Waals surface area (Å²) in [6.45, 7) is 3.80. The summed E-state index contributed by atoms with van der Waals surface area (Å²) >= 11 is 6.01. The van der Waals surface area contributed by atoms with Gasteiger partial charge >= 0.3 is 5.97 Å². The topological polar surface area (TPSA) is 75.6 Å². The molecule has 1 aromatic carbocycles. The van der Waals surface area contributed by atoms with E-state index in [4.69, 9.17) is 16.3 Å². The number of carbonyl (C=O) groups excluding carboxylic acids is 1. The summed E-state index contributed by atoms with van der Waals surface area (Å²) in [6.07, 6.45) is 0.468. The quantitative estimate of drug-likeness (QED) is 0.811. The van der Waals surface area contributed by atoms with E-state index in [0.717, 1.165) is 5.56 Å². The number of carboxylic acids is 1. The molecule has 1 aromatic rings. The maximum absolute atomic E-state index is 11.7. The maximum Gasteiger partial charge on any atom is 0.326 e. The molecule has 6 heteroatoms. The van der Waals surface area contributed by atoms with Gasteiger partial charge in [-0.25, -0.2) is 4.79 Å². The van der Waals surface area contributed by atoms with Gasteiger partial charge in [-0.2, -0.15) is 0 Å². The Balaban J connectivity index is 2.77. The Bertz CT molecular complexity index is 516. The molecule has 21 heavy (non-hydrogen) atoms. The maximum atomic E-state index is 11.7. The van der Waals surface area contributed by atoms with Crippen molar-refractivity contribution in [2.45, 2.75) is 32.7 Å². The molecule has 0 unspecified atom stereocenters. The van der Waals surface area contributed by atoms with E-state index in [1.807, 2.05) is 13.8 Å². The number of hydrogen-bond donors (Lipinski definition) is 2. The third kappa shape index (κ3) is 5.63. The predicted octanol–water partition coefficient (Wildman–Crippen LogP) is 2.51. The van der Waals surface area contributed by atoms with Gasteiger partial charge in [0.1, 0.15) is 11.8 Å². The molecule has 2 N–H and O–H groups in total. The van der Waals surface area contributed by atoms with Gasteiger partial charge in [0.2, 0.25) is 5.91 Å². The Morgan fingerprint density at radius 3 is 2.52 bits per heavy atom. The highest BCUT2D eigenvalue weighted by molar-refractivity contribution is 6.32. The molecule has 116 valence electrons. The Labute approximate surface area is 129 Å². The fraction of sp³-hybridized carbons (Fsp3) is 0.467. The molecule has 1 amide bonds. The molecule has 5 nitrogen and oxygen atoms in total. The first-order valence-electron chi connectivity index (χ1n) is 6.68. The second-order valence-corrected chi connectivity index (χ2v) is 5.64. The number of methoxy groups -OCH3 is 1. The number of rotatable bonds is 7. The minimum absolute atomic E-state index is 0.170. The number of carboxylic acid groups (broad SMARTS) is 1. The SMILES string of the molecule is COc1ccc(C[C@@H](NC(=O)CC(C)C)C(=O)O)cc1Cl. The van der Waals surface area contributed by atoms with E-state index in [2.05, 4.69) is 5.32 Å². The van der Waals surface area contributed by atoms with Gasteiger partial charge in [-0.05, 0) is 23.6 Å². The Morgan fingerprint density at radius 1 is 1.38 bits per heavy atom. The number of ether oxygens (including phenoxy) is 1. The average Bonchev–Trinajstić information content (AvgIpc) is 2.37. The van der Waals surface area contributed by atoms with Crippen LogP contribution in [0.25, 0.3) is 0 Å². The van der Waals surface area contributed by atoms with Crippen LogP contribution < -0.4 is 10.1 Å². The molecular weight excluding hydrogens is 294 g/mol. The number of hydrogen-bond acceptors (Lipinski definition) is 3. The van der Waals surface area contributed by atoms with E-state index in [1.54, 1.807) is 18.2 Å². The number of nitrogens with one attached hydrogen (secondary N) is 1. The lowest BCUT2D eigenvalue weighted by Crippen LogP contribution is -2.42. The van der Waals surface area contributed by atoms with Crippen molar-refractivity contribution >= 4 is 23.5 Å². The van der Waals surface area contributed by atoms with E-state index in [-0.39, 0.29) is 18.2 Å². The fourth-order valence-corrected chi connectivity index (χ4v) is 2.18. The highest BCUT2D eigenvalue weighted by Gasteiger charge is 2.21. The van der Waals surface area contributed by atoms with Gasteiger partial charge in [0, 0.05) is 12.8 Å². The van der Waals surface area contributed by atoms with Crippen molar-refractivity contribution in [3.05, 3.63) is 28.8 Å². The van der Waals surface area contributed by atoms with Crippen LogP contribution >= 0.6 is 11.6 Å². The van der Waals surface area contributed by atoms with Crippen molar-refractivity contribution in [2.75, 3.05) is 7.11 Å². The summed E-state index contributed by atoms with van der Waals surface area (Å²) in [6, 6.07) is 4.08. The van der Waals surface area contributed by atoms with Crippen LogP contribution in [0.2, 0.25) is 5.02 Å². The summed E-state index contributed by atoms with van der Waals surface area (Å²) in [4.78, 5) is 23.0. The van der Waals surface area contributed by atoms with E-state index in [1.165, 1.54) is 7.11 Å². The monoisotopic (exact) mass is 313 g/mol. The molecule has 0 aromatic heterocycles. The second-order valence-electron chi connectivity index (χ2n) is 5.23. The van der Waals surface area contributed by atoms with Gasteiger partial charge in [0.25, 0.3) is 0 Å². The van der Waals surface area contributed by atoms with Crippen LogP contribution in [-0.2, 0) is 16.0 Å². The number of carbonyl (C=O) groups is 2. The van der Waals surface area contributed by atoms with Gasteiger partial charge < -0.3 is 15.2 Å². The van der Waals surface area contributed by atoms with E-state index in [0.29, 0.717) is 17.2 Å². The summed E-state index contributed by atoms with van der Waals surface area (Å²) < 4.78 is 5.04. The molecule has 0 radical (unpaired) electrons. The summed E-state index contributed by atoms with van der Waals surface area (Å²) in [5.41, 5.74) is 0.720. The van der Waals surface area contributed by atoms with Gasteiger partial charge in [0.15, 0.2) is 0 Å². The third-order valence-electron chi connectivity index (χ3n) is 2.88. The van der Waals surface area contributed by atoms with Crippen LogP contribution in [0, 0.1) is 5.92 Å². The zero-order valence-electron chi connectivity index (χ0n) is 12.4.